The van der Waals surface area contributed by atoms with E-state index >= 15 is 0 Å². The Morgan fingerprint density at radius 2 is 2.04 bits per heavy atom. The Kier molecular flexibility index (Phi) is 3.13. The average molecular weight is 370 g/mol. The van der Waals surface area contributed by atoms with E-state index in [0.717, 1.165) is 51.1 Å². The summed E-state index contributed by atoms with van der Waals surface area (Å²) in [5.74, 6) is 1.80. The summed E-state index contributed by atoms with van der Waals surface area (Å²) in [5, 5.41) is 1.09. The monoisotopic (exact) mass is 370 g/mol. The van der Waals surface area contributed by atoms with E-state index in [-0.39, 0.29) is 6.10 Å². The van der Waals surface area contributed by atoms with Crippen molar-refractivity contribution in [3.8, 4) is 17.1 Å². The summed E-state index contributed by atoms with van der Waals surface area (Å²) in [6.07, 6.45) is 4.54. The molecule has 1 aliphatic heterocycles. The van der Waals surface area contributed by atoms with Gasteiger partial charge < -0.3 is 9.15 Å². The van der Waals surface area contributed by atoms with Gasteiger partial charge in [0.2, 0.25) is 0 Å². The normalized spacial score (nSPS) is 15.9. The van der Waals surface area contributed by atoms with Gasteiger partial charge in [0.1, 0.15) is 23.2 Å². The van der Waals surface area contributed by atoms with Gasteiger partial charge in [-0.2, -0.15) is 0 Å². The molecule has 3 aromatic heterocycles. The fraction of sp³-hybridized carbons (Fsp3) is 0.0909. The van der Waals surface area contributed by atoms with Crippen molar-refractivity contribution in [3.05, 3.63) is 77.6 Å². The molecule has 0 saturated carbocycles. The molecule has 130 valence electrons. The molecule has 1 atom stereocenters. The Morgan fingerprint density at radius 3 is 3.00 bits per heavy atom. The third kappa shape index (κ3) is 2.43. The van der Waals surface area contributed by atoms with Gasteiger partial charge in [-0.25, -0.2) is 4.98 Å². The van der Waals surface area contributed by atoms with E-state index in [2.05, 4.69) is 40.3 Å². The van der Waals surface area contributed by atoms with Crippen molar-refractivity contribution >= 4 is 32.5 Å². The SMILES string of the molecule is c1cc2c(cn1)CC(c1ccc3oc(-c4ccc5ncsc5c4)cc3c1)O2. The third-order valence-corrected chi connectivity index (χ3v) is 5.85. The molecule has 1 aliphatic rings. The number of rotatable bonds is 2. The molecule has 4 heterocycles. The average Bonchev–Trinajstić information content (AvgIpc) is 3.42. The number of furan rings is 1. The maximum absolute atomic E-state index is 6.10. The van der Waals surface area contributed by atoms with Gasteiger partial charge in [-0.1, -0.05) is 6.07 Å². The van der Waals surface area contributed by atoms with E-state index in [1.165, 1.54) is 4.70 Å². The maximum atomic E-state index is 6.10. The van der Waals surface area contributed by atoms with Gasteiger partial charge in [-0.15, -0.1) is 11.3 Å². The summed E-state index contributed by atoms with van der Waals surface area (Å²) < 4.78 is 13.4. The molecule has 1 unspecified atom stereocenters. The Morgan fingerprint density at radius 1 is 1.04 bits per heavy atom. The van der Waals surface area contributed by atoms with E-state index in [0.29, 0.717) is 0 Å². The van der Waals surface area contributed by atoms with Crippen molar-refractivity contribution in [2.45, 2.75) is 12.5 Å². The van der Waals surface area contributed by atoms with Crippen molar-refractivity contribution in [2.75, 3.05) is 0 Å². The quantitative estimate of drug-likeness (QED) is 0.395. The molecule has 0 radical (unpaired) electrons. The number of ether oxygens (including phenoxy) is 1. The van der Waals surface area contributed by atoms with Crippen LogP contribution in [0.4, 0.5) is 0 Å². The van der Waals surface area contributed by atoms with Crippen LogP contribution in [0.15, 0.2) is 70.9 Å². The van der Waals surface area contributed by atoms with Crippen LogP contribution in [0.1, 0.15) is 17.2 Å². The number of hydrogen-bond donors (Lipinski definition) is 0. The fourth-order valence-corrected chi connectivity index (χ4v) is 4.39. The minimum Gasteiger partial charge on any atom is -0.485 e. The van der Waals surface area contributed by atoms with E-state index in [9.17, 15) is 0 Å². The van der Waals surface area contributed by atoms with Crippen LogP contribution in [-0.2, 0) is 6.42 Å². The van der Waals surface area contributed by atoms with E-state index in [1.54, 1.807) is 17.5 Å². The second-order valence-electron chi connectivity index (χ2n) is 6.74. The van der Waals surface area contributed by atoms with Gasteiger partial charge in [0.05, 0.1) is 15.7 Å². The summed E-state index contributed by atoms with van der Waals surface area (Å²) in [5.41, 5.74) is 7.16. The highest BCUT2D eigenvalue weighted by Gasteiger charge is 2.24. The molecule has 5 aromatic rings. The molecular weight excluding hydrogens is 356 g/mol. The largest absolute Gasteiger partial charge is 0.485 e. The zero-order valence-corrected chi connectivity index (χ0v) is 15.1. The molecule has 2 aromatic carbocycles. The summed E-state index contributed by atoms with van der Waals surface area (Å²) in [4.78, 5) is 8.53. The van der Waals surface area contributed by atoms with Crippen molar-refractivity contribution in [1.82, 2.24) is 9.97 Å². The minimum absolute atomic E-state index is 0.0282. The van der Waals surface area contributed by atoms with Crippen LogP contribution in [0, 0.1) is 0 Å². The summed E-state index contributed by atoms with van der Waals surface area (Å²) in [6.45, 7) is 0. The van der Waals surface area contributed by atoms with Crippen LogP contribution in [-0.4, -0.2) is 9.97 Å². The Bertz CT molecular complexity index is 1280. The lowest BCUT2D eigenvalue weighted by molar-refractivity contribution is 0.239. The lowest BCUT2D eigenvalue weighted by atomic mass is 10.0. The van der Waals surface area contributed by atoms with Crippen LogP contribution in [0.5, 0.6) is 5.75 Å². The number of nitrogens with zero attached hydrogens (tertiary/aromatic N) is 2. The van der Waals surface area contributed by atoms with Crippen LogP contribution in [0.2, 0.25) is 0 Å². The zero-order valence-electron chi connectivity index (χ0n) is 14.3. The van der Waals surface area contributed by atoms with Gasteiger partial charge in [0, 0.05) is 35.3 Å². The fourth-order valence-electron chi connectivity index (χ4n) is 3.68. The molecule has 0 aliphatic carbocycles. The predicted octanol–water partition coefficient (Wildman–Crippen LogP) is 5.78. The molecule has 0 fully saturated rings. The van der Waals surface area contributed by atoms with Crippen molar-refractivity contribution < 1.29 is 9.15 Å². The van der Waals surface area contributed by atoms with Crippen LogP contribution in [0.25, 0.3) is 32.5 Å². The number of thiazole rings is 1. The first-order valence-electron chi connectivity index (χ1n) is 8.80. The van der Waals surface area contributed by atoms with Crippen molar-refractivity contribution in [3.63, 3.8) is 0 Å². The second-order valence-corrected chi connectivity index (χ2v) is 7.62. The van der Waals surface area contributed by atoms with Crippen LogP contribution < -0.4 is 4.74 Å². The molecule has 0 bridgehead atoms. The number of pyridine rings is 1. The van der Waals surface area contributed by atoms with Gasteiger partial charge in [0.25, 0.3) is 0 Å². The number of hydrogen-bond acceptors (Lipinski definition) is 5. The van der Waals surface area contributed by atoms with E-state index in [4.69, 9.17) is 9.15 Å². The standard InChI is InChI=1S/C22H14N2O2S/c1-3-17-22(27-12-24-17)10-14(1)20-8-15-7-13(2-4-18(15)25-20)21-9-16-11-23-6-5-19(16)26-21/h1-8,10-12,21H,9H2. The highest BCUT2D eigenvalue weighted by atomic mass is 32.1. The van der Waals surface area contributed by atoms with Crippen LogP contribution >= 0.6 is 11.3 Å². The predicted molar refractivity (Wildman–Crippen MR) is 106 cm³/mol. The second kappa shape index (κ2) is 5.66. The van der Waals surface area contributed by atoms with Crippen molar-refractivity contribution in [2.24, 2.45) is 0 Å². The number of fused-ring (bicyclic) bond motifs is 3. The maximum Gasteiger partial charge on any atom is 0.135 e. The van der Waals surface area contributed by atoms with E-state index in [1.807, 2.05) is 29.9 Å². The zero-order chi connectivity index (χ0) is 17.8. The minimum atomic E-state index is 0.0282. The Hall–Kier alpha value is -3.18. The molecule has 0 amide bonds. The first-order valence-corrected chi connectivity index (χ1v) is 9.68. The summed E-state index contributed by atoms with van der Waals surface area (Å²) >= 11 is 1.64. The molecule has 4 nitrogen and oxygen atoms in total. The first kappa shape index (κ1) is 14.9. The molecule has 0 saturated heterocycles. The van der Waals surface area contributed by atoms with E-state index < -0.39 is 0 Å². The third-order valence-electron chi connectivity index (χ3n) is 5.06. The van der Waals surface area contributed by atoms with Gasteiger partial charge in [-0.05, 0) is 48.0 Å². The highest BCUT2D eigenvalue weighted by molar-refractivity contribution is 7.16. The van der Waals surface area contributed by atoms with Gasteiger partial charge in [-0.3, -0.25) is 4.98 Å². The Labute approximate surface area is 159 Å². The van der Waals surface area contributed by atoms with Crippen LogP contribution in [0.3, 0.4) is 0 Å². The molecule has 0 spiro atoms. The molecule has 27 heavy (non-hydrogen) atoms. The van der Waals surface area contributed by atoms with Crippen molar-refractivity contribution in [1.29, 1.82) is 0 Å². The van der Waals surface area contributed by atoms with Gasteiger partial charge in [0.15, 0.2) is 0 Å². The Balaban J connectivity index is 1.37. The smallest absolute Gasteiger partial charge is 0.135 e. The summed E-state index contributed by atoms with van der Waals surface area (Å²) in [7, 11) is 0. The number of aromatic nitrogens is 2. The lowest BCUT2D eigenvalue weighted by Gasteiger charge is -2.10. The summed E-state index contributed by atoms with van der Waals surface area (Å²) in [6, 6.07) is 16.6. The molecule has 5 heteroatoms. The molecule has 0 N–H and O–H groups in total. The molecular formula is C22H14N2O2S. The highest BCUT2D eigenvalue weighted by Crippen LogP contribution is 2.38. The van der Waals surface area contributed by atoms with Gasteiger partial charge >= 0.3 is 0 Å². The topological polar surface area (TPSA) is 48.2 Å². The molecule has 6 rings (SSSR count). The first-order chi connectivity index (χ1) is 13.3. The lowest BCUT2D eigenvalue weighted by Crippen LogP contribution is -2.02. The number of benzene rings is 2.